The van der Waals surface area contributed by atoms with Crippen molar-refractivity contribution in [1.82, 2.24) is 52.6 Å². The molecule has 11 bridgehead atoms. The number of likely N-dealkylation sites (N-methyl/N-ethyl adjacent to an activating group) is 1. The number of phenols is 3. The number of sulfonamides is 1. The number of nitrogens with two attached hydrogens (primary N) is 2. The lowest BCUT2D eigenvalue weighted by atomic mass is 9.85. The second-order valence-electron chi connectivity index (χ2n) is 32.1. The van der Waals surface area contributed by atoms with Crippen molar-refractivity contribution < 1.29 is 131 Å². The number of aliphatic hydroxyl groups is 6. The molecule has 18 atom stereocenters. The second-order valence-corrected chi connectivity index (χ2v) is 34.8. The molecular formula is C83H112Cl2N12O27S. The van der Waals surface area contributed by atoms with Gasteiger partial charge in [0, 0.05) is 61.4 Å². The molecule has 7 aliphatic rings. The SMILES string of the molecule is CCCCCCCCCCS(=O)(=O)NCCN[C@@]1(C)C[C@H](O[C@H]2[C@H](Oc3c4cc5cc3Oc3ccc(cc3Cl)[C@@H](O)[C@@H](NC(=O)[C@@H](CC(C)C)NC)C(=O)N[C@@H](CC(N)=O)C(=O)N[C@H]5C(=O)N[C@H]3C(=O)N[C@H](C(=O)N[C@H](C(=O)O)c5cc(O)c(CNCCOCCO)c(O)c5-c5cc3ccc5O)[C@H](O)c3ccc(c(Cl)c3)O4)O[C@H](CN)[C@@H](O)[C@@H]2O)O[C@@H](C)[C@H]1O. The molecule has 0 saturated carbocycles. The minimum Gasteiger partial charge on any atom is -0.507 e. The van der Waals surface area contributed by atoms with Gasteiger partial charge in [-0.05, 0) is 117 Å². The molecule has 0 spiro atoms. The summed E-state index contributed by atoms with van der Waals surface area (Å²) >= 11 is 14.4. The smallest absolute Gasteiger partial charge is 0.330 e. The number of carbonyl (C=O) groups is 8. The fourth-order valence-electron chi connectivity index (χ4n) is 15.5. The molecule has 39 nitrogen and oxygen atoms in total. The van der Waals surface area contributed by atoms with Crippen LogP contribution in [0.3, 0.4) is 0 Å². The molecule has 0 aliphatic carbocycles. The van der Waals surface area contributed by atoms with E-state index in [0.29, 0.717) is 6.42 Å². The number of ether oxygens (including phenoxy) is 7. The van der Waals surface area contributed by atoms with Crippen LogP contribution < -0.4 is 78.3 Å². The van der Waals surface area contributed by atoms with Gasteiger partial charge in [0.2, 0.25) is 63.4 Å². The Bertz CT molecular complexity index is 4810. The molecule has 2 fully saturated rings. The van der Waals surface area contributed by atoms with E-state index in [4.69, 9.17) is 67.8 Å². The van der Waals surface area contributed by atoms with Crippen LogP contribution in [0.15, 0.2) is 72.8 Å². The van der Waals surface area contributed by atoms with Crippen LogP contribution in [-0.2, 0) is 73.9 Å². The first-order valence-electron chi connectivity index (χ1n) is 41.3. The molecule has 7 heterocycles. The fraction of sp³-hybridized carbons (Fsp3) is 0.542. The van der Waals surface area contributed by atoms with E-state index in [0.717, 1.165) is 106 Å². The minimum absolute atomic E-state index is 0.0106. The first kappa shape index (κ1) is 97.8. The summed E-state index contributed by atoms with van der Waals surface area (Å²) in [6, 6.07) is -1.73. The van der Waals surface area contributed by atoms with Crippen LogP contribution in [0.5, 0.6) is 46.0 Å². The van der Waals surface area contributed by atoms with Crippen LogP contribution >= 0.6 is 23.2 Å². The van der Waals surface area contributed by atoms with Crippen LogP contribution in [0.25, 0.3) is 11.1 Å². The van der Waals surface area contributed by atoms with Gasteiger partial charge in [-0.1, -0.05) is 107 Å². The third-order valence-corrected chi connectivity index (χ3v) is 24.3. The lowest BCUT2D eigenvalue weighted by molar-refractivity contribution is -0.331. The van der Waals surface area contributed by atoms with E-state index in [1.165, 1.54) is 26.1 Å². The van der Waals surface area contributed by atoms with Gasteiger partial charge >= 0.3 is 5.97 Å². The van der Waals surface area contributed by atoms with Crippen molar-refractivity contribution in [3.8, 4) is 57.1 Å². The number of carbonyl (C=O) groups excluding carboxylic acids is 7. The Morgan fingerprint density at radius 1 is 0.704 bits per heavy atom. The number of phenolic OH excluding ortho intramolecular Hbond substituents is 3. The maximum absolute atomic E-state index is 16.4. The standard InChI is InChI=1S/C83H112Cl2N12O27S/c1-7-8-9-10-11-12-13-14-27-125(116,117)91-22-21-90-83(5)36-60(119-40(4)74(83)107)123-73-71(106)70(105)58(37-86)122-82(73)124-72-56-32-44-33-57(72)121-55-20-17-43(31-49(55)85)68(103)66-80(113)95-64(81(114)115)46-34-53(100)47(38-89-23-25-118-26-24-98)69(104)61(46)45-29-41(15-18-52(45)99)62(77(110)97-66)94-78(111)63(44)93-76(109)51(35-59(87)101)92-79(112)65(96-75(108)50(88-6)28-39(2)3)67(102)42-16-19-54(120-56)48(84)30-42/h15-20,29-34,39-40,50-51,58,60,62-68,70-71,73-74,82,88-91,98-100,102-107H,7-14,21-28,35-38,86H2,1-6H3,(H2,87,101)(H,92,112)(H,93,109)(H,94,111)(H,95,113)(H,96,108)(H,97,110)(H,114,115)/t40-,50+,51-,58+,60-,62+,63+,64-,65+,66-,67+,68+,70+,71-,73+,74+,82-,83-/m0/s1. The van der Waals surface area contributed by atoms with Gasteiger partial charge in [-0.25, -0.2) is 17.9 Å². The van der Waals surface area contributed by atoms with E-state index in [1.54, 1.807) is 6.92 Å². The third-order valence-electron chi connectivity index (χ3n) is 22.3. The van der Waals surface area contributed by atoms with Gasteiger partial charge < -0.3 is 144 Å². The lowest BCUT2D eigenvalue weighted by Crippen LogP contribution is -2.66. The number of carboxylic acids is 1. The van der Waals surface area contributed by atoms with E-state index in [9.17, 15) is 73.9 Å². The molecule has 686 valence electrons. The number of halogens is 2. The predicted molar refractivity (Wildman–Crippen MR) is 449 cm³/mol. The molecule has 0 unspecified atom stereocenters. The molecule has 24 N–H and O–H groups in total. The Balaban J connectivity index is 1.15. The Morgan fingerprint density at radius 2 is 1.33 bits per heavy atom. The van der Waals surface area contributed by atoms with E-state index in [-0.39, 0.29) is 91.4 Å². The van der Waals surface area contributed by atoms with Crippen LogP contribution in [-0.4, -0.2) is 245 Å². The number of unbranched alkanes of at least 4 members (excludes halogenated alkanes) is 7. The summed E-state index contributed by atoms with van der Waals surface area (Å²) < 4.78 is 73.9. The van der Waals surface area contributed by atoms with Crippen molar-refractivity contribution in [1.29, 1.82) is 0 Å². The number of fused-ring (bicyclic) bond motifs is 15. The molecule has 7 aliphatic heterocycles. The minimum atomic E-state index is -3.72. The van der Waals surface area contributed by atoms with Crippen LogP contribution in [0.1, 0.15) is 169 Å². The summed E-state index contributed by atoms with van der Waals surface area (Å²) in [5.41, 5.74) is 7.32. The predicted octanol–water partition coefficient (Wildman–Crippen LogP) is 1.86. The molecule has 0 aromatic heterocycles. The normalized spacial score (nSPS) is 26.2. The molecule has 12 rings (SSSR count). The van der Waals surface area contributed by atoms with E-state index < -0.39 is 259 Å². The average molecular weight is 1810 g/mol. The highest BCUT2D eigenvalue weighted by atomic mass is 35.5. The third kappa shape index (κ3) is 24.3. The number of amides is 7. The Hall–Kier alpha value is -9.41. The van der Waals surface area contributed by atoms with Crippen molar-refractivity contribution in [3.05, 3.63) is 116 Å². The van der Waals surface area contributed by atoms with Gasteiger partial charge in [0.1, 0.15) is 89.5 Å². The van der Waals surface area contributed by atoms with Gasteiger partial charge in [0.05, 0.1) is 65.9 Å². The Kier molecular flexibility index (Phi) is 34.3. The van der Waals surface area contributed by atoms with E-state index in [1.807, 2.05) is 13.8 Å². The van der Waals surface area contributed by atoms with Crippen molar-refractivity contribution >= 4 is 80.5 Å². The zero-order valence-corrected chi connectivity index (χ0v) is 72.0. The highest BCUT2D eigenvalue weighted by Crippen LogP contribution is 2.51. The average Bonchev–Trinajstić information content (AvgIpc) is 0.738. The van der Waals surface area contributed by atoms with Crippen molar-refractivity contribution in [2.45, 2.75) is 221 Å². The number of aliphatic carboxylic acids is 1. The first-order chi connectivity index (χ1) is 59.4. The topological polar surface area (TPSA) is 610 Å². The summed E-state index contributed by atoms with van der Waals surface area (Å²) in [4.78, 5) is 119. The largest absolute Gasteiger partial charge is 0.507 e. The van der Waals surface area contributed by atoms with Crippen molar-refractivity contribution in [2.24, 2.45) is 17.4 Å². The summed E-state index contributed by atoms with van der Waals surface area (Å²) in [5.74, 6) is -16.4. The van der Waals surface area contributed by atoms with Crippen LogP contribution in [0, 0.1) is 5.92 Å². The van der Waals surface area contributed by atoms with Crippen LogP contribution in [0.2, 0.25) is 10.0 Å². The number of nitrogens with one attached hydrogen (secondary N) is 10. The van der Waals surface area contributed by atoms with Gasteiger partial charge in [-0.15, -0.1) is 0 Å². The number of aromatic hydroxyl groups is 3. The molecule has 42 heteroatoms. The molecule has 0 radical (unpaired) electrons. The van der Waals surface area contributed by atoms with E-state index >= 15 is 24.0 Å². The number of hydrogen-bond acceptors (Lipinski definition) is 30. The number of carboxylic acid groups (broad SMARTS) is 1. The van der Waals surface area contributed by atoms with Crippen LogP contribution in [0.4, 0.5) is 0 Å². The van der Waals surface area contributed by atoms with Crippen molar-refractivity contribution in [3.63, 3.8) is 0 Å². The van der Waals surface area contributed by atoms with Crippen molar-refractivity contribution in [2.75, 3.05) is 58.8 Å². The zero-order chi connectivity index (χ0) is 91.1. The molecule has 125 heavy (non-hydrogen) atoms. The molecular weight excluding hydrogens is 1700 g/mol. The number of hydrogen-bond donors (Lipinski definition) is 22. The van der Waals surface area contributed by atoms with E-state index in [2.05, 4.69) is 59.5 Å². The number of rotatable bonds is 34. The summed E-state index contributed by atoms with van der Waals surface area (Å²) in [7, 11) is -2.25. The Labute approximate surface area is 731 Å². The number of primary amides is 1. The molecule has 7 amide bonds. The Morgan fingerprint density at radius 3 is 1.94 bits per heavy atom. The highest BCUT2D eigenvalue weighted by Gasteiger charge is 2.52. The summed E-state index contributed by atoms with van der Waals surface area (Å²) in [6.45, 7) is 7.59. The quantitative estimate of drug-likeness (QED) is 0.0261. The molecule has 5 aromatic rings. The number of benzene rings is 5. The summed E-state index contributed by atoms with van der Waals surface area (Å²) in [6.07, 6.45) is -11.2. The number of aliphatic hydroxyl groups excluding tert-OH is 6. The lowest BCUT2D eigenvalue weighted by Gasteiger charge is -2.48. The maximum Gasteiger partial charge on any atom is 0.330 e. The van der Waals surface area contributed by atoms with Gasteiger partial charge in [-0.3, -0.25) is 33.6 Å². The second kappa shape index (κ2) is 43.9. The highest BCUT2D eigenvalue weighted by molar-refractivity contribution is 7.89. The monoisotopic (exact) mass is 1810 g/mol. The fourth-order valence-corrected chi connectivity index (χ4v) is 17.1. The summed E-state index contributed by atoms with van der Waals surface area (Å²) in [5, 5.41) is 140. The maximum atomic E-state index is 16.4. The molecule has 2 saturated heterocycles. The van der Waals surface area contributed by atoms with Gasteiger partial charge in [0.25, 0.3) is 0 Å². The van der Waals surface area contributed by atoms with Gasteiger partial charge in [-0.2, -0.15) is 0 Å². The molecule has 5 aromatic carbocycles. The van der Waals surface area contributed by atoms with Gasteiger partial charge in [0.15, 0.2) is 29.9 Å². The first-order valence-corrected chi connectivity index (χ1v) is 43.7. The zero-order valence-electron chi connectivity index (χ0n) is 69.7.